The zero-order valence-electron chi connectivity index (χ0n) is 23.7. The Morgan fingerprint density at radius 2 is 2.09 bits per heavy atom. The van der Waals surface area contributed by atoms with E-state index in [9.17, 15) is 24.3 Å². The van der Waals surface area contributed by atoms with Gasteiger partial charge in [-0.1, -0.05) is 11.2 Å². The van der Waals surface area contributed by atoms with Gasteiger partial charge in [0.25, 0.3) is 17.6 Å². The summed E-state index contributed by atoms with van der Waals surface area (Å²) in [5.74, 6) is 4.74. The number of carboxylic acid groups (broad SMARTS) is 1. The van der Waals surface area contributed by atoms with E-state index in [-0.39, 0.29) is 29.8 Å². The molecule has 1 saturated carbocycles. The molecule has 3 saturated heterocycles. The van der Waals surface area contributed by atoms with E-state index in [2.05, 4.69) is 15.8 Å². The van der Waals surface area contributed by atoms with E-state index in [1.54, 1.807) is 15.4 Å². The van der Waals surface area contributed by atoms with Crippen LogP contribution in [-0.2, 0) is 31.1 Å². The van der Waals surface area contributed by atoms with Crippen molar-refractivity contribution in [2.24, 2.45) is 24.0 Å². The van der Waals surface area contributed by atoms with Crippen LogP contribution in [0, 0.1) is 5.92 Å². The van der Waals surface area contributed by atoms with Crippen LogP contribution < -0.4 is 31.0 Å². The lowest BCUT2D eigenvalue weighted by molar-refractivity contribution is -0.658. The molecule has 3 amide bonds. The van der Waals surface area contributed by atoms with Gasteiger partial charge >= 0.3 is 5.91 Å². The Kier molecular flexibility index (Phi) is 8.22. The van der Waals surface area contributed by atoms with Crippen LogP contribution in [0.15, 0.2) is 52.5 Å². The number of nitrogens with two attached hydrogens (primary N) is 1. The fourth-order valence-electron chi connectivity index (χ4n) is 6.69. The number of carboxylic acids is 1. The highest BCUT2D eigenvalue weighted by Gasteiger charge is 2.52. The second-order valence-corrected chi connectivity index (χ2v) is 12.2. The summed E-state index contributed by atoms with van der Waals surface area (Å²) in [5, 5.41) is 22.0. The molecule has 15 heteroatoms. The van der Waals surface area contributed by atoms with Gasteiger partial charge < -0.3 is 25.0 Å². The molecule has 0 aromatic carbocycles. The predicted molar refractivity (Wildman–Crippen MR) is 153 cm³/mol. The Morgan fingerprint density at radius 1 is 1.26 bits per heavy atom. The van der Waals surface area contributed by atoms with Crippen LogP contribution in [0.2, 0.25) is 0 Å². The average molecular weight is 611 g/mol. The van der Waals surface area contributed by atoms with E-state index < -0.39 is 29.9 Å². The van der Waals surface area contributed by atoms with Crippen molar-refractivity contribution in [3.05, 3.63) is 47.3 Å². The zero-order chi connectivity index (χ0) is 30.2. The van der Waals surface area contributed by atoms with Gasteiger partial charge in [-0.3, -0.25) is 20.7 Å². The number of hydrogen-bond donors (Lipinski definition) is 3. The summed E-state index contributed by atoms with van der Waals surface area (Å²) in [5.41, 5.74) is 0.577. The number of pyridine rings is 1. The number of carbonyl (C=O) groups excluding carboxylic acids is 4. The lowest BCUT2D eigenvalue weighted by atomic mass is 9.83. The SMILES string of the molecule is C[n+]1ccccc1N1CC/C(=C\C2=C(C(=O)[O-])N3C(=O)[C@@H](NC(=O)/C=N\OC4CCCC4C4NCSN4N)[C@H]3CC2)C1=O. The molecule has 0 spiro atoms. The highest BCUT2D eigenvalue weighted by Crippen LogP contribution is 2.38. The van der Waals surface area contributed by atoms with Gasteiger partial charge in [0.1, 0.15) is 18.4 Å². The predicted octanol–water partition coefficient (Wildman–Crippen LogP) is -1.45. The third kappa shape index (κ3) is 5.53. The minimum atomic E-state index is -1.50. The first-order valence-electron chi connectivity index (χ1n) is 14.4. The normalized spacial score (nSPS) is 30.4. The zero-order valence-corrected chi connectivity index (χ0v) is 24.5. The number of aromatic nitrogens is 1. The molecule has 6 rings (SSSR count). The van der Waals surface area contributed by atoms with Crippen LogP contribution in [0.3, 0.4) is 0 Å². The summed E-state index contributed by atoms with van der Waals surface area (Å²) in [6.07, 6.45) is 8.06. The van der Waals surface area contributed by atoms with E-state index in [4.69, 9.17) is 10.7 Å². The summed E-state index contributed by atoms with van der Waals surface area (Å²) in [6, 6.07) is 4.12. The van der Waals surface area contributed by atoms with Crippen molar-refractivity contribution in [1.29, 1.82) is 0 Å². The number of allylic oxidation sites excluding steroid dienone is 2. The van der Waals surface area contributed by atoms with Crippen molar-refractivity contribution in [1.82, 2.24) is 19.9 Å². The molecule has 0 radical (unpaired) electrons. The Bertz CT molecular complexity index is 1430. The van der Waals surface area contributed by atoms with Gasteiger partial charge in [-0.25, -0.2) is 9.36 Å². The number of aryl methyl sites for hydroxylation is 1. The van der Waals surface area contributed by atoms with Crippen LogP contribution in [-0.4, -0.2) is 76.0 Å². The van der Waals surface area contributed by atoms with E-state index >= 15 is 0 Å². The minimum absolute atomic E-state index is 0.0318. The molecule has 0 bridgehead atoms. The molecular weight excluding hydrogens is 576 g/mol. The summed E-state index contributed by atoms with van der Waals surface area (Å²) in [7, 11) is 1.85. The Balaban J connectivity index is 1.09. The van der Waals surface area contributed by atoms with Crippen LogP contribution in [0.1, 0.15) is 38.5 Å². The lowest BCUT2D eigenvalue weighted by Gasteiger charge is -2.51. The Labute approximate surface area is 252 Å². The summed E-state index contributed by atoms with van der Waals surface area (Å²) < 4.78 is 3.53. The summed E-state index contributed by atoms with van der Waals surface area (Å²) in [6.45, 7) is 0.463. The molecule has 14 nitrogen and oxygen atoms in total. The number of nitrogens with one attached hydrogen (secondary N) is 2. The number of hydrogen-bond acceptors (Lipinski definition) is 11. The molecule has 43 heavy (non-hydrogen) atoms. The van der Waals surface area contributed by atoms with Crippen molar-refractivity contribution in [2.45, 2.75) is 62.9 Å². The highest BCUT2D eigenvalue weighted by molar-refractivity contribution is 7.97. The fourth-order valence-corrected chi connectivity index (χ4v) is 7.48. The molecule has 228 valence electrons. The number of anilines is 1. The summed E-state index contributed by atoms with van der Waals surface area (Å²) >= 11 is 1.50. The number of oxime groups is 1. The number of rotatable bonds is 8. The molecule has 1 aromatic rings. The highest BCUT2D eigenvalue weighted by atomic mass is 32.2. The van der Waals surface area contributed by atoms with Crippen molar-refractivity contribution < 1.29 is 33.7 Å². The van der Waals surface area contributed by atoms with Gasteiger partial charge in [-0.15, -0.1) is 0 Å². The average Bonchev–Trinajstić information content (AvgIpc) is 3.72. The second-order valence-electron chi connectivity index (χ2n) is 11.3. The maximum atomic E-state index is 13.2. The lowest BCUT2D eigenvalue weighted by Crippen LogP contribution is -2.72. The van der Waals surface area contributed by atoms with Crippen LogP contribution in [0.25, 0.3) is 0 Å². The van der Waals surface area contributed by atoms with E-state index in [0.29, 0.717) is 37.0 Å². The largest absolute Gasteiger partial charge is 0.543 e. The number of aliphatic carboxylic acids is 1. The number of nitrogens with zero attached hydrogens (tertiary/aromatic N) is 5. The van der Waals surface area contributed by atoms with Gasteiger partial charge in [-0.2, -0.15) is 9.31 Å². The molecule has 4 aliphatic heterocycles. The Morgan fingerprint density at radius 3 is 2.84 bits per heavy atom. The maximum absolute atomic E-state index is 13.2. The van der Waals surface area contributed by atoms with Gasteiger partial charge in [-0.05, 0) is 61.8 Å². The molecule has 3 unspecified atom stereocenters. The minimum Gasteiger partial charge on any atom is -0.543 e. The number of hydrazine groups is 1. The monoisotopic (exact) mass is 610 g/mol. The van der Waals surface area contributed by atoms with E-state index in [1.807, 2.05) is 36.0 Å². The van der Waals surface area contributed by atoms with Gasteiger partial charge in [0.15, 0.2) is 0 Å². The molecule has 5 heterocycles. The number of amides is 3. The number of β-lactam (4-membered cyclic amide) rings is 1. The molecule has 1 aliphatic carbocycles. The number of fused-ring (bicyclic) bond motifs is 1. The van der Waals surface area contributed by atoms with Gasteiger partial charge in [0.2, 0.25) is 0 Å². The van der Waals surface area contributed by atoms with Crippen molar-refractivity contribution in [3.8, 4) is 0 Å². The van der Waals surface area contributed by atoms with Crippen LogP contribution in [0.5, 0.6) is 0 Å². The molecule has 4 fully saturated rings. The standard InChI is InChI=1S/C28H34N8O6S/c1-33-11-3-2-7-22(33)34-12-10-17(26(34)38)13-16-8-9-19-23(27(39)35(19)24(16)28(40)41)32-21(37)14-31-42-20-6-4-5-18(20)25-30-15-43-36(25)29/h2-3,7,11,13-14,18-20,23,25,30H,4-6,8-10,12,15,29H2,1H3,(H-,32,37,40,41)/b17-13+,31-14-/t18?,19-,20?,23+,25?/m1/s1. The van der Waals surface area contributed by atoms with E-state index in [1.165, 1.54) is 11.9 Å². The molecule has 4 N–H and O–H groups in total. The van der Waals surface area contributed by atoms with Crippen molar-refractivity contribution in [3.63, 3.8) is 0 Å². The molecular formula is C28H34N8O6S. The smallest absolute Gasteiger partial charge is 0.337 e. The van der Waals surface area contributed by atoms with Gasteiger partial charge in [0, 0.05) is 24.0 Å². The van der Waals surface area contributed by atoms with Crippen LogP contribution >= 0.6 is 11.9 Å². The van der Waals surface area contributed by atoms with E-state index in [0.717, 1.165) is 42.1 Å². The first-order chi connectivity index (χ1) is 20.7. The van der Waals surface area contributed by atoms with Crippen molar-refractivity contribution in [2.75, 3.05) is 17.3 Å². The summed E-state index contributed by atoms with van der Waals surface area (Å²) in [4.78, 5) is 59.5. The van der Waals surface area contributed by atoms with Crippen molar-refractivity contribution >= 4 is 47.7 Å². The molecule has 5 atom stereocenters. The first kappa shape index (κ1) is 29.3. The molecule has 1 aromatic heterocycles. The number of carbonyl (C=O) groups is 4. The first-order valence-corrected chi connectivity index (χ1v) is 15.3. The topological polar surface area (TPSA) is 177 Å². The van der Waals surface area contributed by atoms with Crippen LogP contribution in [0.4, 0.5) is 5.82 Å². The molecule has 5 aliphatic rings. The third-order valence-corrected chi connectivity index (χ3v) is 9.62. The maximum Gasteiger partial charge on any atom is 0.337 e. The quantitative estimate of drug-likeness (QED) is 0.0600. The fraction of sp³-hybridized carbons (Fsp3) is 0.500. The Hall–Kier alpha value is -3.79. The third-order valence-electron chi connectivity index (χ3n) is 8.80. The second kappa shape index (κ2) is 12.1. The van der Waals surface area contributed by atoms with Gasteiger partial charge in [0.05, 0.1) is 49.5 Å².